The van der Waals surface area contributed by atoms with Crippen LogP contribution in [0, 0.1) is 5.92 Å². The van der Waals surface area contributed by atoms with Gasteiger partial charge in [-0.15, -0.1) is 0 Å². The third-order valence-electron chi connectivity index (χ3n) is 6.27. The zero-order valence-corrected chi connectivity index (χ0v) is 17.2. The summed E-state index contributed by atoms with van der Waals surface area (Å²) < 4.78 is 5.87. The zero-order chi connectivity index (χ0) is 20.3. The second-order valence-electron chi connectivity index (χ2n) is 8.31. The maximum Gasteiger partial charge on any atom is 0.298 e. The van der Waals surface area contributed by atoms with Gasteiger partial charge in [0.1, 0.15) is 5.52 Å². The Hall–Kier alpha value is -3.02. The molecule has 0 bridgehead atoms. The van der Waals surface area contributed by atoms with Gasteiger partial charge in [-0.05, 0) is 68.5 Å². The van der Waals surface area contributed by atoms with Crippen LogP contribution in [-0.2, 0) is 4.79 Å². The molecule has 2 aliphatic heterocycles. The first kappa shape index (κ1) is 19.0. The average Bonchev–Trinajstić information content (AvgIpc) is 3.25. The Bertz CT molecular complexity index is 966. The fourth-order valence-electron chi connectivity index (χ4n) is 4.48. The van der Waals surface area contributed by atoms with Crippen LogP contribution in [0.3, 0.4) is 0 Å². The molecule has 156 valence electrons. The third-order valence-corrected chi connectivity index (χ3v) is 6.27. The molecule has 0 spiro atoms. The number of para-hydroxylation sites is 2. The van der Waals surface area contributed by atoms with E-state index in [-0.39, 0.29) is 11.8 Å². The molecule has 30 heavy (non-hydrogen) atoms. The summed E-state index contributed by atoms with van der Waals surface area (Å²) in [7, 11) is 0. The molecule has 0 atom stereocenters. The van der Waals surface area contributed by atoms with Gasteiger partial charge in [-0.3, -0.25) is 4.79 Å². The van der Waals surface area contributed by atoms with Crippen LogP contribution in [0.4, 0.5) is 17.4 Å². The lowest BCUT2D eigenvalue weighted by atomic mass is 9.96. The molecule has 2 fully saturated rings. The van der Waals surface area contributed by atoms with Crippen LogP contribution in [0.2, 0.25) is 0 Å². The van der Waals surface area contributed by atoms with E-state index in [4.69, 9.17) is 4.42 Å². The maximum atomic E-state index is 12.8. The fourth-order valence-corrected chi connectivity index (χ4v) is 4.48. The van der Waals surface area contributed by atoms with Gasteiger partial charge in [-0.2, -0.15) is 4.98 Å². The van der Waals surface area contributed by atoms with Crippen molar-refractivity contribution in [2.75, 3.05) is 41.3 Å². The van der Waals surface area contributed by atoms with E-state index in [1.807, 2.05) is 36.4 Å². The molecule has 2 aromatic carbocycles. The lowest BCUT2D eigenvalue weighted by molar-refractivity contribution is -0.120. The number of nitrogens with zero attached hydrogens (tertiary/aromatic N) is 3. The van der Waals surface area contributed by atoms with Crippen LogP contribution in [0.1, 0.15) is 32.1 Å². The van der Waals surface area contributed by atoms with Crippen molar-refractivity contribution in [3.63, 3.8) is 0 Å². The van der Waals surface area contributed by atoms with Gasteiger partial charge < -0.3 is 19.5 Å². The molecule has 2 aliphatic rings. The first-order chi connectivity index (χ1) is 14.8. The number of oxazole rings is 1. The summed E-state index contributed by atoms with van der Waals surface area (Å²) in [6.07, 6.45) is 5.46. The van der Waals surface area contributed by atoms with Gasteiger partial charge >= 0.3 is 0 Å². The highest BCUT2D eigenvalue weighted by Crippen LogP contribution is 2.27. The maximum absolute atomic E-state index is 12.8. The molecule has 1 N–H and O–H groups in total. The number of rotatable bonds is 4. The number of piperidine rings is 2. The number of carbonyl (C=O) groups excluding carboxylic acids is 1. The molecule has 3 aromatic rings. The third kappa shape index (κ3) is 3.99. The normalized spacial score (nSPS) is 18.0. The van der Waals surface area contributed by atoms with Crippen molar-refractivity contribution in [3.8, 4) is 0 Å². The van der Waals surface area contributed by atoms with Crippen molar-refractivity contribution in [1.82, 2.24) is 4.98 Å². The SMILES string of the molecule is O=C(Nc1ccc(N2CCCCC2)cc1)C1CCN(c2nc3ccccc3o2)CC1. The minimum absolute atomic E-state index is 0.0207. The van der Waals surface area contributed by atoms with Gasteiger partial charge in [0.2, 0.25) is 5.91 Å². The van der Waals surface area contributed by atoms with Gasteiger partial charge in [0.15, 0.2) is 5.58 Å². The highest BCUT2D eigenvalue weighted by atomic mass is 16.4. The lowest BCUT2D eigenvalue weighted by Gasteiger charge is -2.30. The van der Waals surface area contributed by atoms with Crippen molar-refractivity contribution in [2.24, 2.45) is 5.92 Å². The first-order valence-electron chi connectivity index (χ1n) is 11.0. The summed E-state index contributed by atoms with van der Waals surface area (Å²) in [6, 6.07) is 16.8. The number of aromatic nitrogens is 1. The van der Waals surface area contributed by atoms with Crippen LogP contribution in [0.5, 0.6) is 0 Å². The van der Waals surface area contributed by atoms with E-state index in [1.54, 1.807) is 0 Å². The van der Waals surface area contributed by atoms with E-state index in [0.29, 0.717) is 6.01 Å². The average molecular weight is 405 g/mol. The van der Waals surface area contributed by atoms with E-state index in [2.05, 4.69) is 32.2 Å². The molecule has 1 amide bonds. The molecule has 5 rings (SSSR count). The number of benzene rings is 2. The predicted molar refractivity (Wildman–Crippen MR) is 120 cm³/mol. The predicted octanol–water partition coefficient (Wildman–Crippen LogP) is 4.67. The van der Waals surface area contributed by atoms with Gasteiger partial charge in [0, 0.05) is 43.5 Å². The topological polar surface area (TPSA) is 61.6 Å². The number of fused-ring (bicyclic) bond motifs is 1. The molecule has 6 heteroatoms. The summed E-state index contributed by atoms with van der Waals surface area (Å²) in [5, 5.41) is 3.10. The largest absolute Gasteiger partial charge is 0.423 e. The van der Waals surface area contributed by atoms with E-state index >= 15 is 0 Å². The van der Waals surface area contributed by atoms with Crippen LogP contribution >= 0.6 is 0 Å². The lowest BCUT2D eigenvalue weighted by Crippen LogP contribution is -2.38. The summed E-state index contributed by atoms with van der Waals surface area (Å²) in [5.74, 6) is 0.130. The molecular weight excluding hydrogens is 376 g/mol. The van der Waals surface area contributed by atoms with Crippen LogP contribution in [0.15, 0.2) is 52.9 Å². The molecule has 0 aliphatic carbocycles. The number of nitrogens with one attached hydrogen (secondary N) is 1. The minimum atomic E-state index is 0.0207. The van der Waals surface area contributed by atoms with Crippen molar-refractivity contribution < 1.29 is 9.21 Å². The standard InChI is InChI=1S/C24H28N4O2/c29-23(25-19-8-10-20(11-9-19)27-14-4-1-5-15-27)18-12-16-28(17-13-18)24-26-21-6-2-3-7-22(21)30-24/h2-3,6-11,18H,1,4-5,12-17H2,(H,25,29). The molecular formula is C24H28N4O2. The number of amides is 1. The van der Waals surface area contributed by atoms with E-state index in [1.165, 1.54) is 24.9 Å². The van der Waals surface area contributed by atoms with Crippen molar-refractivity contribution >= 4 is 34.4 Å². The Morgan fingerprint density at radius 3 is 2.37 bits per heavy atom. The number of hydrogen-bond acceptors (Lipinski definition) is 5. The second-order valence-corrected chi connectivity index (χ2v) is 8.31. The highest BCUT2D eigenvalue weighted by molar-refractivity contribution is 5.92. The Morgan fingerprint density at radius 2 is 1.63 bits per heavy atom. The summed E-state index contributed by atoms with van der Waals surface area (Å²) in [5.41, 5.74) is 3.81. The van der Waals surface area contributed by atoms with E-state index in [0.717, 1.165) is 55.8 Å². The molecule has 0 saturated carbocycles. The number of hydrogen-bond donors (Lipinski definition) is 1. The van der Waals surface area contributed by atoms with Crippen LogP contribution in [-0.4, -0.2) is 37.1 Å². The van der Waals surface area contributed by atoms with Gasteiger partial charge in [0.05, 0.1) is 0 Å². The molecule has 0 unspecified atom stereocenters. The Kier molecular flexibility index (Phi) is 5.30. The van der Waals surface area contributed by atoms with Crippen molar-refractivity contribution in [3.05, 3.63) is 48.5 Å². The highest BCUT2D eigenvalue weighted by Gasteiger charge is 2.27. The summed E-state index contributed by atoms with van der Waals surface area (Å²) >= 11 is 0. The van der Waals surface area contributed by atoms with E-state index in [9.17, 15) is 4.79 Å². The Labute approximate surface area is 176 Å². The summed E-state index contributed by atoms with van der Waals surface area (Å²) in [4.78, 5) is 21.9. The fraction of sp³-hybridized carbons (Fsp3) is 0.417. The van der Waals surface area contributed by atoms with Crippen LogP contribution in [0.25, 0.3) is 11.1 Å². The second kappa shape index (κ2) is 8.38. The molecule has 2 saturated heterocycles. The molecule has 0 radical (unpaired) electrons. The molecule has 1 aromatic heterocycles. The minimum Gasteiger partial charge on any atom is -0.423 e. The molecule has 3 heterocycles. The van der Waals surface area contributed by atoms with Gasteiger partial charge in [-0.1, -0.05) is 12.1 Å². The van der Waals surface area contributed by atoms with Gasteiger partial charge in [-0.25, -0.2) is 0 Å². The van der Waals surface area contributed by atoms with Crippen molar-refractivity contribution in [1.29, 1.82) is 0 Å². The smallest absolute Gasteiger partial charge is 0.298 e. The van der Waals surface area contributed by atoms with E-state index < -0.39 is 0 Å². The first-order valence-corrected chi connectivity index (χ1v) is 11.0. The quantitative estimate of drug-likeness (QED) is 0.684. The molecule has 6 nitrogen and oxygen atoms in total. The van der Waals surface area contributed by atoms with Gasteiger partial charge in [0.25, 0.3) is 6.01 Å². The Balaban J connectivity index is 1.15. The number of carbonyl (C=O) groups is 1. The van der Waals surface area contributed by atoms with Crippen LogP contribution < -0.4 is 15.1 Å². The monoisotopic (exact) mass is 404 g/mol. The summed E-state index contributed by atoms with van der Waals surface area (Å²) in [6.45, 7) is 3.81. The Morgan fingerprint density at radius 1 is 0.900 bits per heavy atom. The number of anilines is 3. The zero-order valence-electron chi connectivity index (χ0n) is 17.2. The van der Waals surface area contributed by atoms with Crippen molar-refractivity contribution in [2.45, 2.75) is 32.1 Å².